The van der Waals surface area contributed by atoms with Crippen LogP contribution in [0.5, 0.6) is 0 Å². The summed E-state index contributed by atoms with van der Waals surface area (Å²) >= 11 is 0. The predicted molar refractivity (Wildman–Crippen MR) is 77.0 cm³/mol. The van der Waals surface area contributed by atoms with Gasteiger partial charge in [0.05, 0.1) is 9.85 Å². The van der Waals surface area contributed by atoms with E-state index >= 15 is 0 Å². The minimum Gasteiger partial charge on any atom is -0.317 e. The standard InChI is InChI=1S/C13H4F11N3O5/c14-8(7(28)25-5-3-4(26(29)30)1-2-6(5)27(31)32)9(15,16)11(19,20)13(23,24)12(21,22)10(8,17)18/h1-3H,(H,25,28). The normalized spacial score (nSPS) is 23.7. The molecule has 1 aromatic rings. The van der Waals surface area contributed by atoms with Crippen molar-refractivity contribution in [2.45, 2.75) is 35.3 Å². The van der Waals surface area contributed by atoms with E-state index in [1.807, 2.05) is 0 Å². The molecule has 0 unspecified atom stereocenters. The van der Waals surface area contributed by atoms with Crippen LogP contribution in [-0.4, -0.2) is 51.0 Å². The third kappa shape index (κ3) is 2.65. The van der Waals surface area contributed by atoms with Crippen molar-refractivity contribution in [3.63, 3.8) is 0 Å². The average molecular weight is 491 g/mol. The SMILES string of the molecule is O=C(Nc1cc([N+](=O)[O-])ccc1[N+](=O)[O-])C1(F)C(F)(F)C(F)(F)C(F)(F)C(F)(F)C1(F)F. The molecular weight excluding hydrogens is 487 g/mol. The number of nitrogens with zero attached hydrogens (tertiary/aromatic N) is 2. The Morgan fingerprint density at radius 3 is 1.50 bits per heavy atom. The van der Waals surface area contributed by atoms with E-state index in [0.717, 1.165) is 0 Å². The van der Waals surface area contributed by atoms with E-state index in [2.05, 4.69) is 0 Å². The highest BCUT2D eigenvalue weighted by Gasteiger charge is 3.02. The van der Waals surface area contributed by atoms with Gasteiger partial charge in [-0.05, 0) is 0 Å². The summed E-state index contributed by atoms with van der Waals surface area (Å²) in [5, 5.41) is 22.0. The molecule has 1 N–H and O–H groups in total. The number of nitro groups is 2. The Morgan fingerprint density at radius 1 is 0.719 bits per heavy atom. The zero-order valence-electron chi connectivity index (χ0n) is 14.3. The lowest BCUT2D eigenvalue weighted by Gasteiger charge is -2.51. The molecule has 0 aromatic heterocycles. The van der Waals surface area contributed by atoms with Crippen molar-refractivity contribution in [1.29, 1.82) is 0 Å². The van der Waals surface area contributed by atoms with E-state index in [0.29, 0.717) is 11.4 Å². The van der Waals surface area contributed by atoms with Gasteiger partial charge >= 0.3 is 35.3 Å². The number of carbonyl (C=O) groups is 1. The molecular formula is C13H4F11N3O5. The van der Waals surface area contributed by atoms with E-state index in [-0.39, 0.29) is 12.1 Å². The molecule has 1 aliphatic carbocycles. The van der Waals surface area contributed by atoms with Crippen molar-refractivity contribution in [1.82, 2.24) is 0 Å². The smallest absolute Gasteiger partial charge is 0.317 e. The highest BCUT2D eigenvalue weighted by Crippen LogP contribution is 2.69. The highest BCUT2D eigenvalue weighted by atomic mass is 19.4. The van der Waals surface area contributed by atoms with Gasteiger partial charge in [-0.2, -0.15) is 43.9 Å². The molecule has 0 radical (unpaired) electrons. The van der Waals surface area contributed by atoms with Gasteiger partial charge in [0, 0.05) is 18.2 Å². The van der Waals surface area contributed by atoms with Gasteiger partial charge in [-0.15, -0.1) is 0 Å². The van der Waals surface area contributed by atoms with Gasteiger partial charge in [0.2, 0.25) is 0 Å². The van der Waals surface area contributed by atoms with Crippen molar-refractivity contribution >= 4 is 23.0 Å². The fourth-order valence-electron chi connectivity index (χ4n) is 2.61. The molecule has 0 heterocycles. The number of nitrogens with one attached hydrogen (secondary N) is 1. The number of nitro benzene ring substituents is 2. The van der Waals surface area contributed by atoms with Gasteiger partial charge in [-0.1, -0.05) is 0 Å². The van der Waals surface area contributed by atoms with Crippen LogP contribution in [0.25, 0.3) is 0 Å². The fourth-order valence-corrected chi connectivity index (χ4v) is 2.61. The first kappa shape index (κ1) is 25.0. The summed E-state index contributed by atoms with van der Waals surface area (Å²) in [6.07, 6.45) is 0. The van der Waals surface area contributed by atoms with Crippen LogP contribution in [-0.2, 0) is 4.79 Å². The van der Waals surface area contributed by atoms with E-state index in [9.17, 15) is 73.3 Å². The number of carbonyl (C=O) groups excluding carboxylic acids is 1. The quantitative estimate of drug-likeness (QED) is 0.382. The molecule has 1 aromatic carbocycles. The van der Waals surface area contributed by atoms with Crippen molar-refractivity contribution in [3.8, 4) is 0 Å². The topological polar surface area (TPSA) is 115 Å². The molecule has 1 amide bonds. The maximum atomic E-state index is 14.6. The van der Waals surface area contributed by atoms with Crippen molar-refractivity contribution in [2.24, 2.45) is 0 Å². The summed E-state index contributed by atoms with van der Waals surface area (Å²) < 4.78 is 150. The molecule has 0 spiro atoms. The Balaban J connectivity index is 2.76. The second-order valence-electron chi connectivity index (χ2n) is 6.20. The Labute approximate surface area is 166 Å². The molecule has 0 bridgehead atoms. The number of hydrogen-bond acceptors (Lipinski definition) is 5. The van der Waals surface area contributed by atoms with Gasteiger partial charge in [0.25, 0.3) is 17.3 Å². The summed E-state index contributed by atoms with van der Waals surface area (Å²) in [5.74, 6) is -41.6. The number of halogens is 11. The first-order valence-electron chi connectivity index (χ1n) is 7.45. The summed E-state index contributed by atoms with van der Waals surface area (Å²) in [5.41, 5.74) is -11.7. The second-order valence-corrected chi connectivity index (χ2v) is 6.20. The Hall–Kier alpha value is -3.28. The molecule has 32 heavy (non-hydrogen) atoms. The number of non-ortho nitro benzene ring substituents is 1. The van der Waals surface area contributed by atoms with Crippen LogP contribution in [0, 0.1) is 20.2 Å². The molecule has 8 nitrogen and oxygen atoms in total. The summed E-state index contributed by atoms with van der Waals surface area (Å²) in [6.45, 7) is 0. The van der Waals surface area contributed by atoms with Crippen molar-refractivity contribution < 1.29 is 62.9 Å². The fraction of sp³-hybridized carbons (Fsp3) is 0.462. The third-order valence-electron chi connectivity index (χ3n) is 4.39. The van der Waals surface area contributed by atoms with Gasteiger partial charge < -0.3 is 5.32 Å². The van der Waals surface area contributed by atoms with Crippen molar-refractivity contribution in [2.75, 3.05) is 5.32 Å². The second kappa shape index (κ2) is 6.61. The summed E-state index contributed by atoms with van der Waals surface area (Å²) in [6, 6.07) is 0.363. The Morgan fingerprint density at radius 2 is 1.12 bits per heavy atom. The first-order chi connectivity index (χ1) is 14.1. The largest absolute Gasteiger partial charge is 0.384 e. The number of amides is 1. The maximum absolute atomic E-state index is 14.6. The first-order valence-corrected chi connectivity index (χ1v) is 7.45. The van der Waals surface area contributed by atoms with Crippen molar-refractivity contribution in [3.05, 3.63) is 38.4 Å². The van der Waals surface area contributed by atoms with Crippen LogP contribution in [0.2, 0.25) is 0 Å². The number of benzene rings is 1. The lowest BCUT2D eigenvalue weighted by Crippen LogP contribution is -2.86. The molecule has 0 atom stereocenters. The van der Waals surface area contributed by atoms with Crippen LogP contribution in [0.15, 0.2) is 18.2 Å². The third-order valence-corrected chi connectivity index (χ3v) is 4.39. The summed E-state index contributed by atoms with van der Waals surface area (Å²) in [7, 11) is 0. The van der Waals surface area contributed by atoms with Crippen LogP contribution in [0.1, 0.15) is 0 Å². The molecule has 0 aliphatic heterocycles. The number of hydrogen-bond donors (Lipinski definition) is 1. The van der Waals surface area contributed by atoms with Crippen LogP contribution in [0.3, 0.4) is 0 Å². The minimum atomic E-state index is -7.58. The maximum Gasteiger partial charge on any atom is 0.384 e. The van der Waals surface area contributed by atoms with E-state index < -0.39 is 68.1 Å². The molecule has 0 saturated heterocycles. The minimum absolute atomic E-state index is 0.122. The lowest BCUT2D eigenvalue weighted by atomic mass is 9.71. The average Bonchev–Trinajstić information content (AvgIpc) is 2.65. The Bertz CT molecular complexity index is 983. The summed E-state index contributed by atoms with van der Waals surface area (Å²) in [4.78, 5) is 30.4. The van der Waals surface area contributed by atoms with E-state index in [4.69, 9.17) is 0 Å². The number of anilines is 1. The molecule has 2 rings (SSSR count). The van der Waals surface area contributed by atoms with Crippen LogP contribution >= 0.6 is 0 Å². The molecule has 19 heteroatoms. The Kier molecular flexibility index (Phi) is 5.16. The number of alkyl halides is 11. The molecule has 1 saturated carbocycles. The van der Waals surface area contributed by atoms with Gasteiger partial charge in [0.1, 0.15) is 5.69 Å². The van der Waals surface area contributed by atoms with E-state index in [1.54, 1.807) is 0 Å². The lowest BCUT2D eigenvalue weighted by molar-refractivity contribution is -0.475. The van der Waals surface area contributed by atoms with E-state index in [1.165, 1.54) is 0 Å². The molecule has 178 valence electrons. The van der Waals surface area contributed by atoms with Gasteiger partial charge in [-0.3, -0.25) is 25.0 Å². The molecule has 1 aliphatic rings. The van der Waals surface area contributed by atoms with Crippen LogP contribution in [0.4, 0.5) is 65.4 Å². The van der Waals surface area contributed by atoms with Crippen LogP contribution < -0.4 is 5.32 Å². The van der Waals surface area contributed by atoms with Gasteiger partial charge in [0.15, 0.2) is 0 Å². The zero-order valence-corrected chi connectivity index (χ0v) is 14.3. The predicted octanol–water partition coefficient (Wildman–Crippen LogP) is 4.34. The highest BCUT2D eigenvalue weighted by molar-refractivity contribution is 6.01. The zero-order chi connectivity index (χ0) is 25.3. The van der Waals surface area contributed by atoms with Gasteiger partial charge in [-0.25, -0.2) is 4.39 Å². The number of rotatable bonds is 4. The monoisotopic (exact) mass is 491 g/mol. The molecule has 1 fully saturated rings.